The molecule has 1 saturated carbocycles. The van der Waals surface area contributed by atoms with Gasteiger partial charge in [-0.2, -0.15) is 0 Å². The fourth-order valence-corrected chi connectivity index (χ4v) is 3.42. The molecule has 0 atom stereocenters. The Morgan fingerprint density at radius 1 is 1.23 bits per heavy atom. The van der Waals surface area contributed by atoms with E-state index in [0.717, 1.165) is 12.8 Å². The minimum absolute atomic E-state index is 0.0603. The first-order valence-electron chi connectivity index (χ1n) is 9.03. The summed E-state index contributed by atoms with van der Waals surface area (Å²) in [6.07, 6.45) is 7.06. The Hall–Kier alpha value is -2.57. The van der Waals surface area contributed by atoms with E-state index in [1.807, 2.05) is 0 Å². The second kappa shape index (κ2) is 8.21. The van der Waals surface area contributed by atoms with E-state index in [1.165, 1.54) is 30.8 Å². The van der Waals surface area contributed by atoms with Crippen LogP contribution in [0.2, 0.25) is 0 Å². The van der Waals surface area contributed by atoms with E-state index >= 15 is 0 Å². The molecule has 1 fully saturated rings. The zero-order valence-corrected chi connectivity index (χ0v) is 15.3. The molecule has 1 N–H and O–H groups in total. The molecule has 1 aromatic heterocycles. The number of aromatic nitrogens is 2. The summed E-state index contributed by atoms with van der Waals surface area (Å²) in [5, 5.41) is 3.54. The van der Waals surface area contributed by atoms with Crippen LogP contribution >= 0.6 is 0 Å². The minimum Gasteiger partial charge on any atom is -0.493 e. The summed E-state index contributed by atoms with van der Waals surface area (Å²) in [5.74, 6) is 1.09. The van der Waals surface area contributed by atoms with Gasteiger partial charge in [0.15, 0.2) is 11.5 Å². The van der Waals surface area contributed by atoms with Crippen molar-refractivity contribution < 1.29 is 14.3 Å². The molecular formula is C19H25N3O4. The quantitative estimate of drug-likeness (QED) is 0.820. The molecule has 0 aliphatic heterocycles. The molecule has 0 spiro atoms. The first-order valence-corrected chi connectivity index (χ1v) is 9.03. The lowest BCUT2D eigenvalue weighted by Crippen LogP contribution is -2.32. The Kier molecular flexibility index (Phi) is 5.75. The number of amides is 1. The van der Waals surface area contributed by atoms with Crippen molar-refractivity contribution in [2.45, 2.75) is 51.1 Å². The number of aryl methyl sites for hydroxylation is 1. The van der Waals surface area contributed by atoms with Crippen molar-refractivity contribution >= 4 is 16.8 Å². The topological polar surface area (TPSA) is 82.5 Å². The van der Waals surface area contributed by atoms with E-state index in [1.54, 1.807) is 19.2 Å². The number of ether oxygens (including phenoxy) is 2. The molecule has 140 valence electrons. The van der Waals surface area contributed by atoms with Gasteiger partial charge >= 0.3 is 0 Å². The smallest absolute Gasteiger partial charge is 0.261 e. The molecule has 0 radical (unpaired) electrons. The molecule has 1 amide bonds. The average Bonchev–Trinajstić information content (AvgIpc) is 3.15. The number of hydrogen-bond acceptors (Lipinski definition) is 5. The minimum atomic E-state index is -0.146. The third-order valence-electron chi connectivity index (χ3n) is 4.85. The van der Waals surface area contributed by atoms with Crippen molar-refractivity contribution in [1.29, 1.82) is 0 Å². The van der Waals surface area contributed by atoms with Gasteiger partial charge in [-0.3, -0.25) is 14.2 Å². The van der Waals surface area contributed by atoms with E-state index in [-0.39, 0.29) is 11.5 Å². The van der Waals surface area contributed by atoms with Crippen LogP contribution in [0.25, 0.3) is 10.9 Å². The Bertz CT molecular complexity index is 841. The summed E-state index contributed by atoms with van der Waals surface area (Å²) in [6.45, 7) is 0.453. The summed E-state index contributed by atoms with van der Waals surface area (Å²) in [7, 11) is 3.07. The summed E-state index contributed by atoms with van der Waals surface area (Å²) in [4.78, 5) is 29.0. The molecule has 1 aliphatic carbocycles. The van der Waals surface area contributed by atoms with Crippen LogP contribution in [0.3, 0.4) is 0 Å². The van der Waals surface area contributed by atoms with Crippen LogP contribution in [-0.4, -0.2) is 35.7 Å². The second-order valence-electron chi connectivity index (χ2n) is 6.62. The van der Waals surface area contributed by atoms with Crippen molar-refractivity contribution in [1.82, 2.24) is 14.9 Å². The number of carbonyl (C=O) groups is 1. The molecule has 3 rings (SSSR count). The summed E-state index contributed by atoms with van der Waals surface area (Å²) in [5.41, 5.74) is 0.412. The maximum absolute atomic E-state index is 12.7. The predicted octanol–water partition coefficient (Wildman–Crippen LogP) is 2.25. The maximum atomic E-state index is 12.7. The Morgan fingerprint density at radius 2 is 1.92 bits per heavy atom. The lowest BCUT2D eigenvalue weighted by Gasteiger charge is -2.12. The molecule has 1 aliphatic rings. The molecule has 0 bridgehead atoms. The first-order chi connectivity index (χ1) is 12.6. The van der Waals surface area contributed by atoms with Crippen LogP contribution < -0.4 is 20.3 Å². The molecule has 0 unspecified atom stereocenters. The van der Waals surface area contributed by atoms with Gasteiger partial charge in [0.25, 0.3) is 5.56 Å². The van der Waals surface area contributed by atoms with Gasteiger partial charge in [0.05, 0.1) is 31.4 Å². The molecule has 2 aromatic rings. The van der Waals surface area contributed by atoms with Gasteiger partial charge in [-0.1, -0.05) is 12.8 Å². The van der Waals surface area contributed by atoms with Crippen molar-refractivity contribution in [2.75, 3.05) is 14.2 Å². The van der Waals surface area contributed by atoms with Crippen molar-refractivity contribution in [2.24, 2.45) is 0 Å². The summed E-state index contributed by atoms with van der Waals surface area (Å²) >= 11 is 0. The fraction of sp³-hybridized carbons (Fsp3) is 0.526. The number of benzene rings is 1. The zero-order valence-electron chi connectivity index (χ0n) is 15.3. The number of carbonyl (C=O) groups excluding carboxylic acids is 1. The van der Waals surface area contributed by atoms with E-state index in [0.29, 0.717) is 47.8 Å². The molecule has 0 saturated heterocycles. The monoisotopic (exact) mass is 359 g/mol. The number of rotatable bonds is 7. The van der Waals surface area contributed by atoms with E-state index < -0.39 is 0 Å². The van der Waals surface area contributed by atoms with Crippen LogP contribution in [0.1, 0.15) is 38.5 Å². The second-order valence-corrected chi connectivity index (χ2v) is 6.62. The number of methoxy groups -OCH3 is 2. The van der Waals surface area contributed by atoms with Crippen LogP contribution in [0.5, 0.6) is 11.5 Å². The van der Waals surface area contributed by atoms with E-state index in [2.05, 4.69) is 10.3 Å². The lowest BCUT2D eigenvalue weighted by molar-refractivity contribution is -0.121. The molecule has 1 heterocycles. The van der Waals surface area contributed by atoms with Gasteiger partial charge < -0.3 is 14.8 Å². The van der Waals surface area contributed by atoms with Crippen molar-refractivity contribution in [3.63, 3.8) is 0 Å². The highest BCUT2D eigenvalue weighted by Crippen LogP contribution is 2.29. The molecule has 1 aromatic carbocycles. The zero-order chi connectivity index (χ0) is 18.5. The highest BCUT2D eigenvalue weighted by Gasteiger charge is 2.17. The van der Waals surface area contributed by atoms with Crippen LogP contribution in [0, 0.1) is 0 Å². The standard InChI is InChI=1S/C19H25N3O4/c1-25-16-10-14-15(11-17(16)26-2)20-12-22(19(14)24)9-5-8-18(23)21-13-6-3-4-7-13/h10-13H,3-9H2,1-2H3,(H,21,23). The van der Waals surface area contributed by atoms with Gasteiger partial charge in [0.2, 0.25) is 5.91 Å². The first kappa shape index (κ1) is 18.2. The summed E-state index contributed by atoms with van der Waals surface area (Å²) in [6, 6.07) is 3.66. The van der Waals surface area contributed by atoms with E-state index in [4.69, 9.17) is 9.47 Å². The normalized spacial score (nSPS) is 14.5. The maximum Gasteiger partial charge on any atom is 0.261 e. The van der Waals surface area contributed by atoms with Gasteiger partial charge in [0.1, 0.15) is 0 Å². The fourth-order valence-electron chi connectivity index (χ4n) is 3.42. The van der Waals surface area contributed by atoms with Crippen LogP contribution in [0.15, 0.2) is 23.3 Å². The van der Waals surface area contributed by atoms with Crippen LogP contribution in [0.4, 0.5) is 0 Å². The predicted molar refractivity (Wildman–Crippen MR) is 98.7 cm³/mol. The lowest BCUT2D eigenvalue weighted by atomic mass is 10.2. The number of nitrogens with zero attached hydrogens (tertiary/aromatic N) is 2. The van der Waals surface area contributed by atoms with Gasteiger partial charge in [-0.25, -0.2) is 4.98 Å². The third kappa shape index (κ3) is 3.98. The average molecular weight is 359 g/mol. The molecule has 7 heteroatoms. The number of hydrogen-bond donors (Lipinski definition) is 1. The molecule has 26 heavy (non-hydrogen) atoms. The highest BCUT2D eigenvalue weighted by atomic mass is 16.5. The number of fused-ring (bicyclic) bond motifs is 1. The Morgan fingerprint density at radius 3 is 2.62 bits per heavy atom. The largest absolute Gasteiger partial charge is 0.493 e. The Labute approximate surface area is 152 Å². The Balaban J connectivity index is 1.67. The SMILES string of the molecule is COc1cc2ncn(CCCC(=O)NC3CCCC3)c(=O)c2cc1OC. The van der Waals surface area contributed by atoms with Gasteiger partial charge in [-0.05, 0) is 25.3 Å². The third-order valence-corrected chi connectivity index (χ3v) is 4.85. The van der Waals surface area contributed by atoms with Crippen LogP contribution in [-0.2, 0) is 11.3 Å². The van der Waals surface area contributed by atoms with Crippen molar-refractivity contribution in [3.05, 3.63) is 28.8 Å². The number of nitrogens with one attached hydrogen (secondary N) is 1. The molecular weight excluding hydrogens is 334 g/mol. The highest BCUT2D eigenvalue weighted by molar-refractivity contribution is 5.81. The van der Waals surface area contributed by atoms with E-state index in [9.17, 15) is 9.59 Å². The van der Waals surface area contributed by atoms with Crippen molar-refractivity contribution in [3.8, 4) is 11.5 Å². The van der Waals surface area contributed by atoms with Gasteiger partial charge in [0, 0.05) is 25.1 Å². The molecule has 7 nitrogen and oxygen atoms in total. The summed E-state index contributed by atoms with van der Waals surface area (Å²) < 4.78 is 12.0. The van der Waals surface area contributed by atoms with Gasteiger partial charge in [-0.15, -0.1) is 0 Å².